The van der Waals surface area contributed by atoms with Crippen molar-refractivity contribution in [2.45, 2.75) is 52.0 Å². The van der Waals surface area contributed by atoms with Gasteiger partial charge < -0.3 is 4.90 Å². The number of aromatic amines is 1. The minimum Gasteiger partial charge on any atom is -0.335 e. The van der Waals surface area contributed by atoms with Gasteiger partial charge in [-0.2, -0.15) is 5.10 Å². The molecule has 0 bridgehead atoms. The number of carbonyl (C=O) groups is 1. The number of nitrogens with zero attached hydrogens (tertiary/aromatic N) is 2. The lowest BCUT2D eigenvalue weighted by Crippen LogP contribution is -2.32. The second-order valence-corrected chi connectivity index (χ2v) is 6.88. The highest BCUT2D eigenvalue weighted by Crippen LogP contribution is 2.55. The van der Waals surface area contributed by atoms with E-state index in [4.69, 9.17) is 0 Å². The summed E-state index contributed by atoms with van der Waals surface area (Å²) in [6.07, 6.45) is 6.08. The van der Waals surface area contributed by atoms with E-state index in [0.29, 0.717) is 11.8 Å². The van der Waals surface area contributed by atoms with E-state index >= 15 is 0 Å². The van der Waals surface area contributed by atoms with Crippen molar-refractivity contribution in [1.82, 2.24) is 15.1 Å². The summed E-state index contributed by atoms with van der Waals surface area (Å²) in [5, 5.41) is 7.37. The van der Waals surface area contributed by atoms with E-state index in [2.05, 4.69) is 22.0 Å². The van der Waals surface area contributed by atoms with E-state index in [9.17, 15) is 4.79 Å². The summed E-state index contributed by atoms with van der Waals surface area (Å²) >= 11 is 0. The second kappa shape index (κ2) is 4.34. The molecule has 20 heavy (non-hydrogen) atoms. The minimum atomic E-state index is 0.265. The number of hydrogen-bond donors (Lipinski definition) is 1. The molecule has 0 spiro atoms. The lowest BCUT2D eigenvalue weighted by molar-refractivity contribution is -0.133. The van der Waals surface area contributed by atoms with Gasteiger partial charge in [0.1, 0.15) is 0 Å². The second-order valence-electron chi connectivity index (χ2n) is 6.88. The first-order valence-electron chi connectivity index (χ1n) is 7.98. The molecule has 4 heteroatoms. The molecular weight excluding hydrogens is 250 g/mol. The standard InChI is InChI=1S/C16H23N3O/c1-9-15(10(2)18-17-9)14-4-3-7-19(14)16(20)13-8-12(13)11-5-6-11/h11-14H,3-8H2,1-2H3,(H,17,18)/t12-,13+,14+/m1/s1. The maximum absolute atomic E-state index is 12.8. The number of likely N-dealkylation sites (tertiary alicyclic amines) is 1. The SMILES string of the molecule is Cc1n[nH]c(C)c1[C@@H]1CCCN1C(=O)[C@H]1C[C@@H]1C1CC1. The first kappa shape index (κ1) is 12.4. The third kappa shape index (κ3) is 1.88. The van der Waals surface area contributed by atoms with Crippen molar-refractivity contribution < 1.29 is 4.79 Å². The highest BCUT2D eigenvalue weighted by atomic mass is 16.2. The van der Waals surface area contributed by atoms with Gasteiger partial charge in [-0.1, -0.05) is 0 Å². The molecule has 2 saturated carbocycles. The molecule has 108 valence electrons. The van der Waals surface area contributed by atoms with Crippen molar-refractivity contribution in [3.05, 3.63) is 17.0 Å². The average Bonchev–Trinajstić information content (AvgIpc) is 3.31. The van der Waals surface area contributed by atoms with Crippen LogP contribution in [0.1, 0.15) is 55.1 Å². The smallest absolute Gasteiger partial charge is 0.226 e. The number of aryl methyl sites for hydroxylation is 2. The Hall–Kier alpha value is -1.32. The fourth-order valence-electron chi connectivity index (χ4n) is 4.14. The number of nitrogens with one attached hydrogen (secondary N) is 1. The maximum Gasteiger partial charge on any atom is 0.226 e. The lowest BCUT2D eigenvalue weighted by Gasteiger charge is -2.25. The average molecular weight is 273 g/mol. The molecule has 2 aliphatic carbocycles. The monoisotopic (exact) mass is 273 g/mol. The Labute approximate surface area is 119 Å². The van der Waals surface area contributed by atoms with Crippen LogP contribution in [0.15, 0.2) is 0 Å². The Morgan fingerprint density at radius 1 is 1.30 bits per heavy atom. The van der Waals surface area contributed by atoms with Crippen LogP contribution in [0.3, 0.4) is 0 Å². The van der Waals surface area contributed by atoms with E-state index < -0.39 is 0 Å². The molecule has 3 fully saturated rings. The Morgan fingerprint density at radius 2 is 2.10 bits per heavy atom. The highest BCUT2D eigenvalue weighted by molar-refractivity contribution is 5.82. The van der Waals surface area contributed by atoms with E-state index in [1.807, 2.05) is 6.92 Å². The quantitative estimate of drug-likeness (QED) is 0.920. The molecule has 2 heterocycles. The fourth-order valence-corrected chi connectivity index (χ4v) is 4.14. The molecule has 1 N–H and O–H groups in total. The van der Waals surface area contributed by atoms with Crippen LogP contribution in [0.4, 0.5) is 0 Å². The number of amides is 1. The van der Waals surface area contributed by atoms with Crippen LogP contribution in [-0.2, 0) is 4.79 Å². The summed E-state index contributed by atoms with van der Waals surface area (Å²) in [7, 11) is 0. The van der Waals surface area contributed by atoms with Gasteiger partial charge in [-0.15, -0.1) is 0 Å². The van der Waals surface area contributed by atoms with Crippen LogP contribution in [0.25, 0.3) is 0 Å². The third-order valence-corrected chi connectivity index (χ3v) is 5.44. The number of H-pyrrole nitrogens is 1. The van der Waals surface area contributed by atoms with Gasteiger partial charge >= 0.3 is 0 Å². The number of hydrogen-bond acceptors (Lipinski definition) is 2. The van der Waals surface area contributed by atoms with E-state index in [1.165, 1.54) is 18.4 Å². The van der Waals surface area contributed by atoms with Crippen molar-refractivity contribution >= 4 is 5.91 Å². The van der Waals surface area contributed by atoms with Crippen molar-refractivity contribution in [3.8, 4) is 0 Å². The van der Waals surface area contributed by atoms with Gasteiger partial charge in [0.15, 0.2) is 0 Å². The zero-order chi connectivity index (χ0) is 13.9. The Morgan fingerprint density at radius 3 is 2.75 bits per heavy atom. The Kier molecular flexibility index (Phi) is 2.69. The molecule has 0 unspecified atom stereocenters. The molecule has 4 nitrogen and oxygen atoms in total. The normalized spacial score (nSPS) is 32.7. The summed E-state index contributed by atoms with van der Waals surface area (Å²) < 4.78 is 0. The maximum atomic E-state index is 12.8. The van der Waals surface area contributed by atoms with Gasteiger partial charge in [0, 0.05) is 23.7 Å². The van der Waals surface area contributed by atoms with Crippen LogP contribution in [0.5, 0.6) is 0 Å². The van der Waals surface area contributed by atoms with Gasteiger partial charge in [-0.25, -0.2) is 0 Å². The summed E-state index contributed by atoms with van der Waals surface area (Å²) in [6, 6.07) is 0.265. The molecule has 1 aromatic rings. The van der Waals surface area contributed by atoms with Crippen LogP contribution in [-0.4, -0.2) is 27.5 Å². The molecule has 3 atom stereocenters. The molecule has 4 rings (SSSR count). The first-order valence-corrected chi connectivity index (χ1v) is 7.98. The summed E-state index contributed by atoms with van der Waals surface area (Å²) in [6.45, 7) is 5.05. The summed E-state index contributed by atoms with van der Waals surface area (Å²) in [4.78, 5) is 14.9. The molecule has 0 radical (unpaired) electrons. The van der Waals surface area contributed by atoms with Crippen LogP contribution in [0, 0.1) is 31.6 Å². The van der Waals surface area contributed by atoms with Gasteiger partial charge in [-0.3, -0.25) is 9.89 Å². The molecule has 1 saturated heterocycles. The number of aromatic nitrogens is 2. The topological polar surface area (TPSA) is 49.0 Å². The van der Waals surface area contributed by atoms with E-state index in [1.54, 1.807) is 0 Å². The van der Waals surface area contributed by atoms with E-state index in [-0.39, 0.29) is 6.04 Å². The molecule has 3 aliphatic rings. The predicted molar refractivity (Wildman–Crippen MR) is 76.1 cm³/mol. The van der Waals surface area contributed by atoms with Crippen LogP contribution < -0.4 is 0 Å². The molecular formula is C16H23N3O. The molecule has 1 amide bonds. The third-order valence-electron chi connectivity index (χ3n) is 5.44. The molecule has 1 aromatic heterocycles. The number of carbonyl (C=O) groups excluding carboxylic acids is 1. The fraction of sp³-hybridized carbons (Fsp3) is 0.750. The lowest BCUT2D eigenvalue weighted by atomic mass is 10.0. The van der Waals surface area contributed by atoms with Crippen LogP contribution >= 0.6 is 0 Å². The Bertz CT molecular complexity index is 526. The summed E-state index contributed by atoms with van der Waals surface area (Å²) in [5.74, 6) is 2.36. The largest absolute Gasteiger partial charge is 0.335 e. The van der Waals surface area contributed by atoms with Crippen molar-refractivity contribution in [2.75, 3.05) is 6.54 Å². The van der Waals surface area contributed by atoms with Gasteiger partial charge in [0.25, 0.3) is 0 Å². The van der Waals surface area contributed by atoms with Crippen molar-refractivity contribution in [2.24, 2.45) is 17.8 Å². The van der Waals surface area contributed by atoms with Crippen molar-refractivity contribution in [3.63, 3.8) is 0 Å². The predicted octanol–water partition coefficient (Wildman–Crippen LogP) is 2.74. The molecule has 1 aliphatic heterocycles. The highest BCUT2D eigenvalue weighted by Gasteiger charge is 2.53. The van der Waals surface area contributed by atoms with Gasteiger partial charge in [0.2, 0.25) is 5.91 Å². The number of rotatable bonds is 3. The zero-order valence-corrected chi connectivity index (χ0v) is 12.4. The van der Waals surface area contributed by atoms with Crippen molar-refractivity contribution in [1.29, 1.82) is 0 Å². The molecule has 0 aromatic carbocycles. The minimum absolute atomic E-state index is 0.265. The van der Waals surface area contributed by atoms with Gasteiger partial charge in [0.05, 0.1) is 11.7 Å². The summed E-state index contributed by atoms with van der Waals surface area (Å²) in [5.41, 5.74) is 3.45. The zero-order valence-electron chi connectivity index (χ0n) is 12.4. The van der Waals surface area contributed by atoms with Gasteiger partial charge in [-0.05, 0) is 57.8 Å². The Balaban J connectivity index is 1.54. The van der Waals surface area contributed by atoms with Crippen LogP contribution in [0.2, 0.25) is 0 Å². The first-order chi connectivity index (χ1) is 9.66. The van der Waals surface area contributed by atoms with E-state index in [0.717, 1.165) is 49.0 Å².